The first-order chi connectivity index (χ1) is 11.8. The van der Waals surface area contributed by atoms with Crippen LogP contribution in [0.3, 0.4) is 0 Å². The summed E-state index contributed by atoms with van der Waals surface area (Å²) >= 11 is 1.39. The third-order valence-corrected chi connectivity index (χ3v) is 4.53. The predicted molar refractivity (Wildman–Crippen MR) is 95.1 cm³/mol. The first-order valence-electron chi connectivity index (χ1n) is 7.50. The fraction of sp³-hybridized carbons (Fsp3) is 0.167. The van der Waals surface area contributed by atoms with Crippen LogP contribution >= 0.6 is 11.8 Å². The molecule has 2 aromatic carbocycles. The minimum atomic E-state index is -0.0550. The first-order valence-corrected chi connectivity index (χ1v) is 8.48. The van der Waals surface area contributed by atoms with Gasteiger partial charge in [-0.2, -0.15) is 5.10 Å². The fourth-order valence-electron chi connectivity index (χ4n) is 2.34. The highest BCUT2D eigenvalue weighted by atomic mass is 32.2. The highest BCUT2D eigenvalue weighted by Crippen LogP contribution is 2.24. The Labute approximate surface area is 144 Å². The molecule has 0 saturated heterocycles. The van der Waals surface area contributed by atoms with Crippen molar-refractivity contribution in [2.75, 3.05) is 12.9 Å². The van der Waals surface area contributed by atoms with Crippen molar-refractivity contribution in [2.24, 2.45) is 0 Å². The predicted octanol–water partition coefficient (Wildman–Crippen LogP) is 3.05. The van der Waals surface area contributed by atoms with E-state index in [9.17, 15) is 4.79 Å². The van der Waals surface area contributed by atoms with Gasteiger partial charge in [0.2, 0.25) is 5.91 Å². The van der Waals surface area contributed by atoms with Gasteiger partial charge in [-0.15, -0.1) is 5.10 Å². The van der Waals surface area contributed by atoms with E-state index in [2.05, 4.69) is 15.5 Å². The molecule has 0 unspecified atom stereocenters. The van der Waals surface area contributed by atoms with E-state index < -0.39 is 0 Å². The van der Waals surface area contributed by atoms with Gasteiger partial charge in [-0.1, -0.05) is 54.2 Å². The van der Waals surface area contributed by atoms with Crippen molar-refractivity contribution in [3.8, 4) is 5.75 Å². The number of rotatable bonds is 6. The molecule has 0 atom stereocenters. The Hall–Kier alpha value is -2.60. The molecule has 1 heterocycles. The summed E-state index contributed by atoms with van der Waals surface area (Å²) in [4.78, 5) is 12.1. The third-order valence-electron chi connectivity index (χ3n) is 3.55. The Kier molecular flexibility index (Phi) is 5.28. The molecule has 1 N–H and O–H groups in total. The summed E-state index contributed by atoms with van der Waals surface area (Å²) in [6.45, 7) is 0.435. The van der Waals surface area contributed by atoms with Gasteiger partial charge in [0.05, 0.1) is 19.1 Å². The molecule has 5 nitrogen and oxygen atoms in total. The van der Waals surface area contributed by atoms with E-state index in [4.69, 9.17) is 4.74 Å². The van der Waals surface area contributed by atoms with E-state index in [-0.39, 0.29) is 11.7 Å². The lowest BCUT2D eigenvalue weighted by Gasteiger charge is -2.09. The van der Waals surface area contributed by atoms with Gasteiger partial charge in [0.1, 0.15) is 10.8 Å². The number of fused-ring (bicyclic) bond motifs is 1. The topological polar surface area (TPSA) is 64.1 Å². The van der Waals surface area contributed by atoms with Gasteiger partial charge in [0.25, 0.3) is 0 Å². The van der Waals surface area contributed by atoms with Crippen LogP contribution in [0.4, 0.5) is 0 Å². The molecular formula is C18H17N3O2S. The number of nitrogens with zero attached hydrogens (tertiary/aromatic N) is 2. The Morgan fingerprint density at radius 3 is 2.83 bits per heavy atom. The summed E-state index contributed by atoms with van der Waals surface area (Å²) in [6, 6.07) is 15.5. The monoisotopic (exact) mass is 339 g/mol. The number of benzene rings is 2. The third kappa shape index (κ3) is 3.83. The summed E-state index contributed by atoms with van der Waals surface area (Å²) < 4.78 is 5.28. The molecule has 6 heteroatoms. The Morgan fingerprint density at radius 1 is 1.17 bits per heavy atom. The van der Waals surface area contributed by atoms with Gasteiger partial charge in [0.15, 0.2) is 0 Å². The summed E-state index contributed by atoms with van der Waals surface area (Å²) in [5.74, 6) is 1.00. The van der Waals surface area contributed by atoms with Gasteiger partial charge in [-0.25, -0.2) is 0 Å². The van der Waals surface area contributed by atoms with Crippen LogP contribution in [0.2, 0.25) is 0 Å². The minimum absolute atomic E-state index is 0.0550. The molecule has 0 bridgehead atoms. The lowest BCUT2D eigenvalue weighted by atomic mass is 10.2. The Balaban J connectivity index is 1.59. The van der Waals surface area contributed by atoms with Crippen molar-refractivity contribution in [1.29, 1.82) is 0 Å². The molecule has 0 saturated carbocycles. The van der Waals surface area contributed by atoms with E-state index in [1.807, 2.05) is 48.5 Å². The number of para-hydroxylation sites is 1. The number of ether oxygens (including phenoxy) is 1. The van der Waals surface area contributed by atoms with Crippen molar-refractivity contribution in [2.45, 2.75) is 11.6 Å². The van der Waals surface area contributed by atoms with Gasteiger partial charge < -0.3 is 10.1 Å². The molecule has 0 fully saturated rings. The van der Waals surface area contributed by atoms with Crippen molar-refractivity contribution >= 4 is 28.4 Å². The van der Waals surface area contributed by atoms with Crippen LogP contribution < -0.4 is 10.1 Å². The average molecular weight is 339 g/mol. The number of nitrogens with one attached hydrogen (secondary N) is 1. The Morgan fingerprint density at radius 2 is 1.96 bits per heavy atom. The zero-order valence-electron chi connectivity index (χ0n) is 13.2. The number of hydrogen-bond acceptors (Lipinski definition) is 5. The van der Waals surface area contributed by atoms with Crippen molar-refractivity contribution in [3.63, 3.8) is 0 Å². The maximum absolute atomic E-state index is 12.1. The molecule has 24 heavy (non-hydrogen) atoms. The number of carbonyl (C=O) groups is 1. The van der Waals surface area contributed by atoms with Gasteiger partial charge >= 0.3 is 0 Å². The molecule has 1 amide bonds. The molecular weight excluding hydrogens is 322 g/mol. The highest BCUT2D eigenvalue weighted by molar-refractivity contribution is 8.00. The van der Waals surface area contributed by atoms with E-state index in [0.29, 0.717) is 6.54 Å². The quantitative estimate of drug-likeness (QED) is 0.699. The molecule has 0 radical (unpaired) electrons. The second-order valence-corrected chi connectivity index (χ2v) is 6.08. The van der Waals surface area contributed by atoms with E-state index in [1.54, 1.807) is 13.3 Å². The Bertz CT molecular complexity index is 849. The average Bonchev–Trinajstić information content (AvgIpc) is 2.64. The van der Waals surface area contributed by atoms with Crippen LogP contribution in [-0.2, 0) is 11.3 Å². The summed E-state index contributed by atoms with van der Waals surface area (Å²) in [5.41, 5.74) is 0.948. The van der Waals surface area contributed by atoms with Crippen molar-refractivity contribution in [3.05, 3.63) is 60.3 Å². The van der Waals surface area contributed by atoms with Crippen LogP contribution in [0.15, 0.2) is 59.8 Å². The first kappa shape index (κ1) is 16.3. The summed E-state index contributed by atoms with van der Waals surface area (Å²) in [5, 5.41) is 13.8. The minimum Gasteiger partial charge on any atom is -0.496 e. The molecule has 3 rings (SSSR count). The van der Waals surface area contributed by atoms with Gasteiger partial charge in [-0.05, 0) is 6.07 Å². The number of amides is 1. The highest BCUT2D eigenvalue weighted by Gasteiger charge is 2.09. The molecule has 0 aliphatic carbocycles. The van der Waals surface area contributed by atoms with E-state index in [1.165, 1.54) is 11.8 Å². The van der Waals surface area contributed by atoms with Crippen LogP contribution in [0, 0.1) is 0 Å². The second-order valence-electron chi connectivity index (χ2n) is 5.11. The number of carbonyl (C=O) groups excluding carboxylic acids is 1. The molecule has 0 spiro atoms. The lowest BCUT2D eigenvalue weighted by Crippen LogP contribution is -2.24. The van der Waals surface area contributed by atoms with Crippen LogP contribution in [-0.4, -0.2) is 29.0 Å². The summed E-state index contributed by atoms with van der Waals surface area (Å²) in [7, 11) is 1.62. The normalized spacial score (nSPS) is 10.5. The smallest absolute Gasteiger partial charge is 0.230 e. The summed E-state index contributed by atoms with van der Waals surface area (Å²) in [6.07, 6.45) is 1.72. The van der Waals surface area contributed by atoms with Crippen molar-refractivity contribution in [1.82, 2.24) is 15.5 Å². The zero-order chi connectivity index (χ0) is 16.8. The van der Waals surface area contributed by atoms with E-state index in [0.717, 1.165) is 27.1 Å². The second kappa shape index (κ2) is 7.79. The lowest BCUT2D eigenvalue weighted by molar-refractivity contribution is -0.118. The SMILES string of the molecule is COc1ccccc1CNC(=O)CSc1nncc2ccccc12. The van der Waals surface area contributed by atoms with Crippen molar-refractivity contribution < 1.29 is 9.53 Å². The standard InChI is InChI=1S/C18H17N3O2S/c1-23-16-9-5-3-7-14(16)10-19-17(22)12-24-18-15-8-4-2-6-13(15)11-20-21-18/h2-9,11H,10,12H2,1H3,(H,19,22). The molecule has 1 aromatic heterocycles. The van der Waals surface area contributed by atoms with Gasteiger partial charge in [0, 0.05) is 22.9 Å². The van der Waals surface area contributed by atoms with Crippen LogP contribution in [0.5, 0.6) is 5.75 Å². The van der Waals surface area contributed by atoms with E-state index >= 15 is 0 Å². The molecule has 3 aromatic rings. The largest absolute Gasteiger partial charge is 0.496 e. The maximum atomic E-state index is 12.1. The number of thioether (sulfide) groups is 1. The number of hydrogen-bond donors (Lipinski definition) is 1. The molecule has 122 valence electrons. The zero-order valence-corrected chi connectivity index (χ0v) is 14.0. The van der Waals surface area contributed by atoms with Crippen LogP contribution in [0.25, 0.3) is 10.8 Å². The van der Waals surface area contributed by atoms with Crippen LogP contribution in [0.1, 0.15) is 5.56 Å². The molecule has 0 aliphatic rings. The molecule has 0 aliphatic heterocycles. The van der Waals surface area contributed by atoms with Gasteiger partial charge in [-0.3, -0.25) is 4.79 Å². The maximum Gasteiger partial charge on any atom is 0.230 e. The fourth-order valence-corrected chi connectivity index (χ4v) is 3.15. The number of methoxy groups -OCH3 is 1. The number of aromatic nitrogens is 2.